The van der Waals surface area contributed by atoms with Crippen molar-refractivity contribution in [2.24, 2.45) is 5.73 Å². The van der Waals surface area contributed by atoms with Gasteiger partial charge in [0, 0.05) is 17.8 Å². The second-order valence-electron chi connectivity index (χ2n) is 7.05. The molecule has 0 bridgehead atoms. The first-order chi connectivity index (χ1) is 16.1. The largest absolute Gasteiger partial charge is 0.453 e. The molecule has 4 aromatic rings. The van der Waals surface area contributed by atoms with Crippen LogP contribution in [0.1, 0.15) is 23.2 Å². The number of hydrogen-bond donors (Lipinski definition) is 2. The highest BCUT2D eigenvalue weighted by atomic mass is 35.5. The molecule has 4 rings (SSSR count). The SMILES string of the molecule is CCn1nc(C(F)(F)F)nc1-c1ccc(Nc2cn(-c3c(Cl)cccc3Cl)nc2C(N)=O)cc1. The van der Waals surface area contributed by atoms with E-state index in [1.54, 1.807) is 49.4 Å². The number of nitrogens with two attached hydrogens (primary N) is 1. The van der Waals surface area contributed by atoms with E-state index in [1.165, 1.54) is 15.6 Å². The van der Waals surface area contributed by atoms with Crippen LogP contribution in [0.4, 0.5) is 24.5 Å². The number of aromatic nitrogens is 5. The molecule has 0 aliphatic rings. The molecule has 0 saturated heterocycles. The highest BCUT2D eigenvalue weighted by molar-refractivity contribution is 6.37. The standard InChI is InChI=1S/C21H16Cl2F3N7O/c1-2-32-19(29-20(31-32)21(24,25)26)11-6-8-12(9-7-11)28-15-10-33(30-16(15)18(27)34)17-13(22)4-3-5-14(17)23/h3-10,28H,2H2,1H3,(H2,27,34). The Morgan fingerprint density at radius 1 is 1.09 bits per heavy atom. The minimum atomic E-state index is -4.65. The summed E-state index contributed by atoms with van der Waals surface area (Å²) in [5, 5.41) is 11.4. The van der Waals surface area contributed by atoms with E-state index in [1.807, 2.05) is 0 Å². The summed E-state index contributed by atoms with van der Waals surface area (Å²) >= 11 is 12.5. The fraction of sp³-hybridized carbons (Fsp3) is 0.143. The number of aryl methyl sites for hydroxylation is 1. The van der Waals surface area contributed by atoms with E-state index in [0.29, 0.717) is 27.0 Å². The zero-order chi connectivity index (χ0) is 24.6. The lowest BCUT2D eigenvalue weighted by atomic mass is 10.2. The Bertz CT molecular complexity index is 1340. The molecule has 0 aliphatic heterocycles. The molecule has 8 nitrogen and oxygen atoms in total. The van der Waals surface area contributed by atoms with Crippen LogP contribution in [0.3, 0.4) is 0 Å². The number of hydrogen-bond acceptors (Lipinski definition) is 5. The Morgan fingerprint density at radius 2 is 1.74 bits per heavy atom. The fourth-order valence-electron chi connectivity index (χ4n) is 3.22. The minimum Gasteiger partial charge on any atom is -0.364 e. The zero-order valence-electron chi connectivity index (χ0n) is 17.4. The molecule has 176 valence electrons. The summed E-state index contributed by atoms with van der Waals surface area (Å²) in [6.45, 7) is 1.88. The number of carbonyl (C=O) groups is 1. The molecule has 0 spiro atoms. The van der Waals surface area contributed by atoms with E-state index in [2.05, 4.69) is 20.5 Å². The van der Waals surface area contributed by atoms with E-state index < -0.39 is 17.9 Å². The summed E-state index contributed by atoms with van der Waals surface area (Å²) in [5.41, 5.74) is 7.03. The highest BCUT2D eigenvalue weighted by Gasteiger charge is 2.37. The monoisotopic (exact) mass is 509 g/mol. The molecule has 1 amide bonds. The summed E-state index contributed by atoms with van der Waals surface area (Å²) in [4.78, 5) is 15.6. The van der Waals surface area contributed by atoms with Crippen molar-refractivity contribution in [1.29, 1.82) is 0 Å². The lowest BCUT2D eigenvalue weighted by molar-refractivity contribution is -0.144. The van der Waals surface area contributed by atoms with Crippen LogP contribution in [-0.4, -0.2) is 30.5 Å². The number of nitrogens with zero attached hydrogens (tertiary/aromatic N) is 5. The number of anilines is 2. The van der Waals surface area contributed by atoms with Crippen molar-refractivity contribution < 1.29 is 18.0 Å². The third-order valence-electron chi connectivity index (χ3n) is 4.76. The van der Waals surface area contributed by atoms with E-state index in [-0.39, 0.29) is 23.8 Å². The molecule has 2 aromatic heterocycles. The number of primary amides is 1. The summed E-state index contributed by atoms with van der Waals surface area (Å²) in [7, 11) is 0. The van der Waals surface area contributed by atoms with Crippen molar-refractivity contribution in [3.8, 4) is 17.1 Å². The average molecular weight is 510 g/mol. The molecule has 0 saturated carbocycles. The Labute approximate surface area is 201 Å². The zero-order valence-corrected chi connectivity index (χ0v) is 18.9. The lowest BCUT2D eigenvalue weighted by Crippen LogP contribution is -2.14. The smallest absolute Gasteiger partial charge is 0.364 e. The number of nitrogens with one attached hydrogen (secondary N) is 1. The van der Waals surface area contributed by atoms with Gasteiger partial charge in [-0.2, -0.15) is 18.3 Å². The van der Waals surface area contributed by atoms with Gasteiger partial charge in [-0.05, 0) is 43.3 Å². The number of alkyl halides is 3. The van der Waals surface area contributed by atoms with Gasteiger partial charge in [0.05, 0.1) is 21.9 Å². The molecule has 13 heteroatoms. The number of benzene rings is 2. The quantitative estimate of drug-likeness (QED) is 0.366. The number of rotatable bonds is 6. The first-order valence-corrected chi connectivity index (χ1v) is 10.6. The number of amides is 1. The maximum Gasteiger partial charge on any atom is 0.453 e. The van der Waals surface area contributed by atoms with Crippen molar-refractivity contribution in [2.75, 3.05) is 5.32 Å². The maximum absolute atomic E-state index is 13.0. The van der Waals surface area contributed by atoms with Crippen molar-refractivity contribution >= 4 is 40.5 Å². The molecule has 0 aliphatic carbocycles. The number of halogens is 5. The molecule has 34 heavy (non-hydrogen) atoms. The van der Waals surface area contributed by atoms with Crippen LogP contribution >= 0.6 is 23.2 Å². The molecule has 0 unspecified atom stereocenters. The second kappa shape index (κ2) is 8.99. The van der Waals surface area contributed by atoms with Gasteiger partial charge in [0.25, 0.3) is 11.7 Å². The van der Waals surface area contributed by atoms with Gasteiger partial charge in [-0.3, -0.25) is 4.79 Å². The van der Waals surface area contributed by atoms with Crippen LogP contribution in [0, 0.1) is 0 Å². The predicted molar refractivity (Wildman–Crippen MR) is 122 cm³/mol. The molecular weight excluding hydrogens is 494 g/mol. The van der Waals surface area contributed by atoms with Crippen LogP contribution in [0.5, 0.6) is 0 Å². The van der Waals surface area contributed by atoms with Crippen LogP contribution in [0.2, 0.25) is 10.0 Å². The molecule has 2 aromatic carbocycles. The molecule has 0 radical (unpaired) electrons. The fourth-order valence-corrected chi connectivity index (χ4v) is 3.79. The van der Waals surface area contributed by atoms with E-state index in [9.17, 15) is 18.0 Å². The van der Waals surface area contributed by atoms with E-state index in [4.69, 9.17) is 28.9 Å². The van der Waals surface area contributed by atoms with Crippen molar-refractivity contribution in [3.63, 3.8) is 0 Å². The Hall–Kier alpha value is -3.57. The maximum atomic E-state index is 13.0. The van der Waals surface area contributed by atoms with Crippen molar-refractivity contribution in [3.05, 3.63) is 70.2 Å². The van der Waals surface area contributed by atoms with Gasteiger partial charge in [0.15, 0.2) is 11.5 Å². The van der Waals surface area contributed by atoms with Gasteiger partial charge in [-0.25, -0.2) is 14.3 Å². The summed E-state index contributed by atoms with van der Waals surface area (Å²) < 4.78 is 41.5. The summed E-state index contributed by atoms with van der Waals surface area (Å²) in [6.07, 6.45) is -3.14. The molecule has 0 atom stereocenters. The number of para-hydroxylation sites is 1. The minimum absolute atomic E-state index is 0.0550. The Morgan fingerprint density at radius 3 is 2.29 bits per heavy atom. The van der Waals surface area contributed by atoms with E-state index in [0.717, 1.165) is 0 Å². The van der Waals surface area contributed by atoms with Crippen molar-refractivity contribution in [1.82, 2.24) is 24.5 Å². The van der Waals surface area contributed by atoms with E-state index >= 15 is 0 Å². The Balaban J connectivity index is 1.65. The van der Waals surface area contributed by atoms with Crippen molar-refractivity contribution in [2.45, 2.75) is 19.6 Å². The third kappa shape index (κ3) is 4.57. The number of carbonyl (C=O) groups excluding carboxylic acids is 1. The topological polar surface area (TPSA) is 104 Å². The molecule has 2 heterocycles. The molecule has 0 fully saturated rings. The molecule has 3 N–H and O–H groups in total. The average Bonchev–Trinajstić information content (AvgIpc) is 3.39. The van der Waals surface area contributed by atoms with Crippen LogP contribution < -0.4 is 11.1 Å². The summed E-state index contributed by atoms with van der Waals surface area (Å²) in [6, 6.07) is 11.3. The lowest BCUT2D eigenvalue weighted by Gasteiger charge is -2.07. The summed E-state index contributed by atoms with van der Waals surface area (Å²) in [5.74, 6) is -1.90. The normalized spacial score (nSPS) is 11.6. The van der Waals surface area contributed by atoms with Gasteiger partial charge in [0.1, 0.15) is 5.69 Å². The van der Waals surface area contributed by atoms with Crippen LogP contribution in [0.15, 0.2) is 48.7 Å². The second-order valence-corrected chi connectivity index (χ2v) is 7.86. The first kappa shape index (κ1) is 23.6. The van der Waals surface area contributed by atoms with Crippen LogP contribution in [0.25, 0.3) is 17.1 Å². The van der Waals surface area contributed by atoms with Gasteiger partial charge >= 0.3 is 6.18 Å². The van der Waals surface area contributed by atoms with Gasteiger partial charge < -0.3 is 11.1 Å². The first-order valence-electron chi connectivity index (χ1n) is 9.81. The van der Waals surface area contributed by atoms with Gasteiger partial charge in [-0.15, -0.1) is 5.10 Å². The van der Waals surface area contributed by atoms with Crippen LogP contribution in [-0.2, 0) is 12.7 Å². The highest BCUT2D eigenvalue weighted by Crippen LogP contribution is 2.32. The molecular formula is C21H16Cl2F3N7O. The van der Waals surface area contributed by atoms with Gasteiger partial charge in [-0.1, -0.05) is 29.3 Å². The Kier molecular flexibility index (Phi) is 6.24. The predicted octanol–water partition coefficient (Wildman–Crippen LogP) is 5.32. The third-order valence-corrected chi connectivity index (χ3v) is 5.37. The van der Waals surface area contributed by atoms with Gasteiger partial charge in [0.2, 0.25) is 0 Å².